The van der Waals surface area contributed by atoms with Crippen molar-refractivity contribution in [2.45, 2.75) is 38.7 Å². The molecule has 1 aromatic heterocycles. The van der Waals surface area contributed by atoms with Crippen molar-refractivity contribution in [1.29, 1.82) is 0 Å². The number of furan rings is 1. The molecule has 1 N–H and O–H groups in total. The Hall–Kier alpha value is -1.81. The lowest BCUT2D eigenvalue weighted by Crippen LogP contribution is -2.28. The van der Waals surface area contributed by atoms with Gasteiger partial charge in [0.05, 0.1) is 6.10 Å². The Bertz CT molecular complexity index is 596. The molecule has 0 bridgehead atoms. The van der Waals surface area contributed by atoms with E-state index in [1.54, 1.807) is 0 Å². The Morgan fingerprint density at radius 3 is 2.79 bits per heavy atom. The molecule has 4 nitrogen and oxygen atoms in total. The third-order valence-corrected chi connectivity index (χ3v) is 3.67. The molecule has 0 aliphatic heterocycles. The number of amides is 1. The Kier molecular flexibility index (Phi) is 3.25. The van der Waals surface area contributed by atoms with Crippen molar-refractivity contribution in [3.63, 3.8) is 0 Å². The van der Waals surface area contributed by atoms with Gasteiger partial charge < -0.3 is 4.42 Å². The van der Waals surface area contributed by atoms with Crippen LogP contribution >= 0.6 is 0 Å². The van der Waals surface area contributed by atoms with Crippen molar-refractivity contribution in [2.75, 3.05) is 0 Å². The highest BCUT2D eigenvalue weighted by Crippen LogP contribution is 2.25. The van der Waals surface area contributed by atoms with E-state index in [2.05, 4.69) is 5.48 Å². The normalized spacial score (nSPS) is 16.1. The molecule has 0 spiro atoms. The van der Waals surface area contributed by atoms with Crippen molar-refractivity contribution >= 4 is 16.9 Å². The van der Waals surface area contributed by atoms with Gasteiger partial charge in [-0.15, -0.1) is 0 Å². The summed E-state index contributed by atoms with van der Waals surface area (Å²) in [5, 5.41) is 0.966. The van der Waals surface area contributed by atoms with Gasteiger partial charge in [-0.05, 0) is 25.8 Å². The zero-order valence-electron chi connectivity index (χ0n) is 10.9. The van der Waals surface area contributed by atoms with E-state index in [1.165, 1.54) is 12.8 Å². The Balaban J connectivity index is 1.75. The van der Waals surface area contributed by atoms with E-state index in [-0.39, 0.29) is 12.0 Å². The van der Waals surface area contributed by atoms with Gasteiger partial charge in [-0.2, -0.15) is 0 Å². The first-order valence-electron chi connectivity index (χ1n) is 6.70. The van der Waals surface area contributed by atoms with Gasteiger partial charge in [-0.3, -0.25) is 9.63 Å². The number of hydroxylamine groups is 1. The second kappa shape index (κ2) is 5.05. The molecule has 0 saturated heterocycles. The quantitative estimate of drug-likeness (QED) is 0.860. The molecular weight excluding hydrogens is 242 g/mol. The first-order valence-corrected chi connectivity index (χ1v) is 6.70. The Morgan fingerprint density at radius 1 is 1.32 bits per heavy atom. The van der Waals surface area contributed by atoms with Crippen molar-refractivity contribution in [3.8, 4) is 0 Å². The number of hydrogen-bond acceptors (Lipinski definition) is 3. The summed E-state index contributed by atoms with van der Waals surface area (Å²) in [5.74, 6) is 0.0276. The number of benzene rings is 1. The molecule has 0 unspecified atom stereocenters. The van der Waals surface area contributed by atoms with Gasteiger partial charge in [0.2, 0.25) is 0 Å². The third kappa shape index (κ3) is 2.36. The van der Waals surface area contributed by atoms with Crippen LogP contribution in [0.3, 0.4) is 0 Å². The second-order valence-corrected chi connectivity index (χ2v) is 5.01. The van der Waals surface area contributed by atoms with E-state index < -0.39 is 0 Å². The molecule has 1 saturated carbocycles. The summed E-state index contributed by atoms with van der Waals surface area (Å²) in [7, 11) is 0. The predicted octanol–water partition coefficient (Wildman–Crippen LogP) is 3.35. The van der Waals surface area contributed by atoms with Gasteiger partial charge in [-0.25, -0.2) is 5.48 Å². The number of para-hydroxylation sites is 1. The number of carbonyl (C=O) groups excluding carboxylic acids is 1. The average molecular weight is 259 g/mol. The lowest BCUT2D eigenvalue weighted by Gasteiger charge is -2.10. The fourth-order valence-corrected chi connectivity index (χ4v) is 2.58. The van der Waals surface area contributed by atoms with Crippen LogP contribution in [0.4, 0.5) is 0 Å². The molecule has 1 heterocycles. The zero-order chi connectivity index (χ0) is 13.2. The fraction of sp³-hybridized carbons (Fsp3) is 0.400. The van der Waals surface area contributed by atoms with Crippen LogP contribution in [0.25, 0.3) is 11.0 Å². The van der Waals surface area contributed by atoms with Crippen LogP contribution in [0, 0.1) is 6.92 Å². The molecule has 19 heavy (non-hydrogen) atoms. The smallest absolute Gasteiger partial charge is 0.310 e. The van der Waals surface area contributed by atoms with Gasteiger partial charge in [0.1, 0.15) is 5.58 Å². The minimum atomic E-state index is -0.305. The topological polar surface area (TPSA) is 51.5 Å². The number of aryl methyl sites for hydroxylation is 1. The summed E-state index contributed by atoms with van der Waals surface area (Å²) in [6, 6.07) is 7.63. The first-order chi connectivity index (χ1) is 9.25. The van der Waals surface area contributed by atoms with Crippen LogP contribution in [0.2, 0.25) is 0 Å². The predicted molar refractivity (Wildman–Crippen MR) is 71.8 cm³/mol. The maximum Gasteiger partial charge on any atom is 0.310 e. The highest BCUT2D eigenvalue weighted by Gasteiger charge is 2.20. The third-order valence-electron chi connectivity index (χ3n) is 3.67. The molecule has 3 rings (SSSR count). The van der Waals surface area contributed by atoms with E-state index in [9.17, 15) is 4.79 Å². The van der Waals surface area contributed by atoms with Crippen LogP contribution in [-0.2, 0) is 4.84 Å². The zero-order valence-corrected chi connectivity index (χ0v) is 10.9. The standard InChI is InChI=1S/C15H17NO3/c1-10-12-8-4-5-9-13(12)18-14(10)15(17)16-19-11-6-2-3-7-11/h4-5,8-9,11H,2-3,6-7H2,1H3,(H,16,17). The number of nitrogens with one attached hydrogen (secondary N) is 1. The molecule has 1 fully saturated rings. The minimum absolute atomic E-state index is 0.147. The fourth-order valence-electron chi connectivity index (χ4n) is 2.58. The van der Waals surface area contributed by atoms with Crippen LogP contribution in [-0.4, -0.2) is 12.0 Å². The molecule has 1 amide bonds. The van der Waals surface area contributed by atoms with Crippen molar-refractivity contribution in [3.05, 3.63) is 35.6 Å². The molecule has 1 aromatic carbocycles. The van der Waals surface area contributed by atoms with Crippen molar-refractivity contribution < 1.29 is 14.0 Å². The maximum absolute atomic E-state index is 12.1. The Labute approximate surface area is 111 Å². The van der Waals surface area contributed by atoms with Gasteiger partial charge in [0.25, 0.3) is 0 Å². The van der Waals surface area contributed by atoms with E-state index in [0.717, 1.165) is 29.4 Å². The molecule has 0 radical (unpaired) electrons. The highest BCUT2D eigenvalue weighted by molar-refractivity contribution is 5.98. The number of fused-ring (bicyclic) bond motifs is 1. The summed E-state index contributed by atoms with van der Waals surface area (Å²) in [4.78, 5) is 17.5. The van der Waals surface area contributed by atoms with Crippen molar-refractivity contribution in [2.24, 2.45) is 0 Å². The SMILES string of the molecule is Cc1c(C(=O)NOC2CCCC2)oc2ccccc12. The first kappa shape index (κ1) is 12.2. The van der Waals surface area contributed by atoms with Gasteiger partial charge in [0, 0.05) is 10.9 Å². The van der Waals surface area contributed by atoms with E-state index in [0.29, 0.717) is 5.76 Å². The Morgan fingerprint density at radius 2 is 2.05 bits per heavy atom. The van der Waals surface area contributed by atoms with E-state index in [1.807, 2.05) is 31.2 Å². The molecule has 1 aliphatic carbocycles. The lowest BCUT2D eigenvalue weighted by molar-refractivity contribution is -0.0138. The summed E-state index contributed by atoms with van der Waals surface area (Å²) in [6.45, 7) is 1.89. The molecule has 4 heteroatoms. The molecular formula is C15H17NO3. The summed E-state index contributed by atoms with van der Waals surface area (Å²) >= 11 is 0. The number of rotatable bonds is 3. The molecule has 2 aromatic rings. The van der Waals surface area contributed by atoms with E-state index >= 15 is 0 Å². The van der Waals surface area contributed by atoms with Gasteiger partial charge >= 0.3 is 5.91 Å². The van der Waals surface area contributed by atoms with E-state index in [4.69, 9.17) is 9.25 Å². The monoisotopic (exact) mass is 259 g/mol. The average Bonchev–Trinajstić information content (AvgIpc) is 3.05. The maximum atomic E-state index is 12.1. The minimum Gasteiger partial charge on any atom is -0.451 e. The highest BCUT2D eigenvalue weighted by atomic mass is 16.7. The van der Waals surface area contributed by atoms with Crippen molar-refractivity contribution in [1.82, 2.24) is 5.48 Å². The largest absolute Gasteiger partial charge is 0.451 e. The lowest BCUT2D eigenvalue weighted by atomic mass is 10.1. The van der Waals surface area contributed by atoms with Crippen LogP contribution < -0.4 is 5.48 Å². The number of carbonyl (C=O) groups is 1. The van der Waals surface area contributed by atoms with Crippen LogP contribution in [0.5, 0.6) is 0 Å². The number of hydrogen-bond donors (Lipinski definition) is 1. The van der Waals surface area contributed by atoms with Gasteiger partial charge in [0.15, 0.2) is 5.76 Å². The molecule has 100 valence electrons. The van der Waals surface area contributed by atoms with Crippen LogP contribution in [0.1, 0.15) is 41.8 Å². The summed E-state index contributed by atoms with van der Waals surface area (Å²) < 4.78 is 5.58. The van der Waals surface area contributed by atoms with Gasteiger partial charge in [-0.1, -0.05) is 31.0 Å². The summed E-state index contributed by atoms with van der Waals surface area (Å²) in [5.41, 5.74) is 4.09. The molecule has 1 aliphatic rings. The second-order valence-electron chi connectivity index (χ2n) is 5.01. The summed E-state index contributed by atoms with van der Waals surface area (Å²) in [6.07, 6.45) is 4.52. The molecule has 0 atom stereocenters. The van der Waals surface area contributed by atoms with Crippen LogP contribution in [0.15, 0.2) is 28.7 Å².